The van der Waals surface area contributed by atoms with Crippen LogP contribution in [0.5, 0.6) is 0 Å². The number of carbonyl (C=O) groups excluding carboxylic acids is 2. The Morgan fingerprint density at radius 2 is 2.24 bits per heavy atom. The van der Waals surface area contributed by atoms with E-state index in [9.17, 15) is 9.59 Å². The number of ether oxygens (including phenoxy) is 1. The third-order valence-corrected chi connectivity index (χ3v) is 2.35. The van der Waals surface area contributed by atoms with Crippen LogP contribution in [0.25, 0.3) is 0 Å². The van der Waals surface area contributed by atoms with Gasteiger partial charge in [0.2, 0.25) is 0 Å². The number of aryl methyl sites for hydroxylation is 1. The standard InChI is InChI=1S/C11H13ClN2O3/c1-7-4-3-5-9(14-7)10(15)13-6-8(12)11(16)17-2/h3-5,8H,6H2,1-2H3,(H,13,15). The third kappa shape index (κ3) is 4.03. The Morgan fingerprint density at radius 1 is 1.53 bits per heavy atom. The van der Waals surface area contributed by atoms with Crippen molar-refractivity contribution in [3.8, 4) is 0 Å². The van der Waals surface area contributed by atoms with Gasteiger partial charge in [-0.2, -0.15) is 0 Å². The lowest BCUT2D eigenvalue weighted by Crippen LogP contribution is -2.34. The third-order valence-electron chi connectivity index (χ3n) is 2.02. The molecule has 1 N–H and O–H groups in total. The largest absolute Gasteiger partial charge is 0.468 e. The van der Waals surface area contributed by atoms with Crippen molar-refractivity contribution < 1.29 is 14.3 Å². The number of nitrogens with zero attached hydrogens (tertiary/aromatic N) is 1. The molecule has 5 nitrogen and oxygen atoms in total. The summed E-state index contributed by atoms with van der Waals surface area (Å²) in [5, 5.41) is 1.61. The first kappa shape index (κ1) is 13.4. The first-order valence-electron chi connectivity index (χ1n) is 4.98. The van der Waals surface area contributed by atoms with E-state index in [1.807, 2.05) is 0 Å². The van der Waals surface area contributed by atoms with Gasteiger partial charge >= 0.3 is 5.97 Å². The molecule has 0 aliphatic carbocycles. The number of esters is 1. The Kier molecular flexibility index (Phi) is 4.90. The minimum absolute atomic E-state index is 0.00266. The number of hydrogen-bond donors (Lipinski definition) is 1. The lowest BCUT2D eigenvalue weighted by Gasteiger charge is -2.08. The van der Waals surface area contributed by atoms with Gasteiger partial charge in [0.15, 0.2) is 0 Å². The molecule has 1 rings (SSSR count). The van der Waals surface area contributed by atoms with Crippen molar-refractivity contribution in [1.29, 1.82) is 0 Å². The molecule has 0 radical (unpaired) electrons. The summed E-state index contributed by atoms with van der Waals surface area (Å²) in [5.74, 6) is -0.951. The highest BCUT2D eigenvalue weighted by molar-refractivity contribution is 6.30. The van der Waals surface area contributed by atoms with Crippen molar-refractivity contribution in [1.82, 2.24) is 10.3 Å². The number of alkyl halides is 1. The minimum atomic E-state index is -0.895. The highest BCUT2D eigenvalue weighted by atomic mass is 35.5. The van der Waals surface area contributed by atoms with Crippen LogP contribution in [0.1, 0.15) is 16.2 Å². The van der Waals surface area contributed by atoms with E-state index in [0.717, 1.165) is 5.69 Å². The molecular formula is C11H13ClN2O3. The summed E-state index contributed by atoms with van der Waals surface area (Å²) < 4.78 is 4.43. The Morgan fingerprint density at radius 3 is 2.82 bits per heavy atom. The average Bonchev–Trinajstić information content (AvgIpc) is 2.34. The fraction of sp³-hybridized carbons (Fsp3) is 0.364. The number of halogens is 1. The van der Waals surface area contributed by atoms with Crippen molar-refractivity contribution >= 4 is 23.5 Å². The van der Waals surface area contributed by atoms with Gasteiger partial charge in [-0.3, -0.25) is 9.59 Å². The molecule has 1 aromatic rings. The van der Waals surface area contributed by atoms with Gasteiger partial charge in [0, 0.05) is 12.2 Å². The molecule has 1 heterocycles. The fourth-order valence-corrected chi connectivity index (χ4v) is 1.32. The molecule has 1 unspecified atom stereocenters. The molecular weight excluding hydrogens is 244 g/mol. The van der Waals surface area contributed by atoms with Crippen molar-refractivity contribution in [2.45, 2.75) is 12.3 Å². The summed E-state index contributed by atoms with van der Waals surface area (Å²) in [4.78, 5) is 26.7. The van der Waals surface area contributed by atoms with E-state index in [0.29, 0.717) is 5.69 Å². The molecule has 0 aliphatic heterocycles. The number of amides is 1. The van der Waals surface area contributed by atoms with Crippen LogP contribution in [-0.4, -0.2) is 35.9 Å². The topological polar surface area (TPSA) is 68.3 Å². The summed E-state index contributed by atoms with van der Waals surface area (Å²) in [7, 11) is 1.24. The molecule has 6 heteroatoms. The second-order valence-electron chi connectivity index (χ2n) is 3.36. The molecule has 17 heavy (non-hydrogen) atoms. The highest BCUT2D eigenvalue weighted by Crippen LogP contribution is 2.00. The average molecular weight is 257 g/mol. The molecule has 0 saturated heterocycles. The number of methoxy groups -OCH3 is 1. The Labute approximate surface area is 104 Å². The monoisotopic (exact) mass is 256 g/mol. The smallest absolute Gasteiger partial charge is 0.325 e. The minimum Gasteiger partial charge on any atom is -0.468 e. The summed E-state index contributed by atoms with van der Waals surface area (Å²) in [6, 6.07) is 5.11. The molecule has 1 amide bonds. The van der Waals surface area contributed by atoms with E-state index in [1.165, 1.54) is 7.11 Å². The lowest BCUT2D eigenvalue weighted by molar-refractivity contribution is -0.140. The second kappa shape index (κ2) is 6.20. The highest BCUT2D eigenvalue weighted by Gasteiger charge is 2.17. The number of nitrogens with one attached hydrogen (secondary N) is 1. The van der Waals surface area contributed by atoms with Crippen LogP contribution in [0.4, 0.5) is 0 Å². The van der Waals surface area contributed by atoms with Gasteiger partial charge in [-0.25, -0.2) is 4.98 Å². The van der Waals surface area contributed by atoms with E-state index in [1.54, 1.807) is 25.1 Å². The van der Waals surface area contributed by atoms with E-state index < -0.39 is 11.3 Å². The van der Waals surface area contributed by atoms with E-state index in [-0.39, 0.29) is 12.5 Å². The van der Waals surface area contributed by atoms with Gasteiger partial charge in [-0.1, -0.05) is 6.07 Å². The van der Waals surface area contributed by atoms with E-state index in [4.69, 9.17) is 11.6 Å². The predicted octanol–water partition coefficient (Wildman–Crippen LogP) is 0.900. The van der Waals surface area contributed by atoms with E-state index in [2.05, 4.69) is 15.0 Å². The zero-order valence-electron chi connectivity index (χ0n) is 9.57. The SMILES string of the molecule is COC(=O)C(Cl)CNC(=O)c1cccc(C)n1. The number of carbonyl (C=O) groups is 2. The molecule has 1 atom stereocenters. The number of aromatic nitrogens is 1. The van der Waals surface area contributed by atoms with Gasteiger partial charge in [0.1, 0.15) is 11.1 Å². The van der Waals surface area contributed by atoms with Gasteiger partial charge in [0.05, 0.1) is 7.11 Å². The van der Waals surface area contributed by atoms with Crippen LogP contribution in [0.15, 0.2) is 18.2 Å². The van der Waals surface area contributed by atoms with Crippen LogP contribution < -0.4 is 5.32 Å². The van der Waals surface area contributed by atoms with Gasteiger partial charge in [-0.15, -0.1) is 11.6 Å². The molecule has 0 aliphatic rings. The van der Waals surface area contributed by atoms with Crippen LogP contribution in [0.3, 0.4) is 0 Å². The molecule has 0 aromatic carbocycles. The first-order valence-corrected chi connectivity index (χ1v) is 5.42. The maximum absolute atomic E-state index is 11.6. The maximum Gasteiger partial charge on any atom is 0.325 e. The van der Waals surface area contributed by atoms with Crippen LogP contribution >= 0.6 is 11.6 Å². The molecule has 1 aromatic heterocycles. The van der Waals surface area contributed by atoms with Gasteiger partial charge < -0.3 is 10.1 Å². The zero-order valence-corrected chi connectivity index (χ0v) is 10.3. The number of hydrogen-bond acceptors (Lipinski definition) is 4. The fourth-order valence-electron chi connectivity index (χ4n) is 1.15. The van der Waals surface area contributed by atoms with Crippen molar-refractivity contribution in [3.05, 3.63) is 29.6 Å². The summed E-state index contributed by atoms with van der Waals surface area (Å²) in [6.07, 6.45) is 0. The predicted molar refractivity (Wildman–Crippen MR) is 63.0 cm³/mol. The molecule has 0 spiro atoms. The number of rotatable bonds is 4. The molecule has 92 valence electrons. The van der Waals surface area contributed by atoms with Crippen molar-refractivity contribution in [2.75, 3.05) is 13.7 Å². The van der Waals surface area contributed by atoms with Crippen LogP contribution in [0, 0.1) is 6.92 Å². The normalized spacial score (nSPS) is 11.7. The zero-order chi connectivity index (χ0) is 12.8. The van der Waals surface area contributed by atoms with Crippen LogP contribution in [0.2, 0.25) is 0 Å². The van der Waals surface area contributed by atoms with Crippen LogP contribution in [-0.2, 0) is 9.53 Å². The molecule has 0 saturated carbocycles. The summed E-state index contributed by atoms with van der Waals surface area (Å²) in [5.41, 5.74) is 1.03. The van der Waals surface area contributed by atoms with Gasteiger partial charge in [0.25, 0.3) is 5.91 Å². The van der Waals surface area contributed by atoms with Crippen molar-refractivity contribution in [2.24, 2.45) is 0 Å². The van der Waals surface area contributed by atoms with Crippen molar-refractivity contribution in [3.63, 3.8) is 0 Å². The quantitative estimate of drug-likeness (QED) is 0.642. The summed E-state index contributed by atoms with van der Waals surface area (Å²) in [6.45, 7) is 1.79. The Bertz CT molecular complexity index is 423. The maximum atomic E-state index is 11.6. The second-order valence-corrected chi connectivity index (χ2v) is 3.89. The Hall–Kier alpha value is -1.62. The summed E-state index contributed by atoms with van der Waals surface area (Å²) >= 11 is 5.68. The number of pyridine rings is 1. The Balaban J connectivity index is 2.53. The van der Waals surface area contributed by atoms with E-state index >= 15 is 0 Å². The molecule has 0 fully saturated rings. The molecule has 0 bridgehead atoms. The van der Waals surface area contributed by atoms with Gasteiger partial charge in [-0.05, 0) is 19.1 Å². The first-order chi connectivity index (χ1) is 8.04. The lowest BCUT2D eigenvalue weighted by atomic mass is 10.3.